The first-order valence-corrected chi connectivity index (χ1v) is 5.81. The number of esters is 2. The van der Waals surface area contributed by atoms with Gasteiger partial charge in [-0.1, -0.05) is 0 Å². The van der Waals surface area contributed by atoms with Gasteiger partial charge in [0, 0.05) is 11.3 Å². The van der Waals surface area contributed by atoms with Crippen LogP contribution >= 0.6 is 0 Å². The molecule has 0 unspecified atom stereocenters. The van der Waals surface area contributed by atoms with Gasteiger partial charge in [0.2, 0.25) is 0 Å². The molecule has 1 aromatic rings. The molecule has 94 valence electrons. The lowest BCUT2D eigenvalue weighted by atomic mass is 10.1. The molecule has 2 aliphatic rings. The van der Waals surface area contributed by atoms with Crippen molar-refractivity contribution in [3.63, 3.8) is 0 Å². The van der Waals surface area contributed by atoms with E-state index < -0.39 is 5.54 Å². The number of anilines is 1. The van der Waals surface area contributed by atoms with Crippen LogP contribution in [0.15, 0.2) is 18.2 Å². The molecular weight excluding hydrogens is 234 g/mol. The number of hydrogen-bond donors (Lipinski definition) is 1. The number of nitrogens with one attached hydrogen (secondary N) is 1. The van der Waals surface area contributed by atoms with E-state index in [0.29, 0.717) is 12.2 Å². The smallest absolute Gasteiger partial charge is 0.338 e. The van der Waals surface area contributed by atoms with E-state index in [-0.39, 0.29) is 11.9 Å². The highest BCUT2D eigenvalue weighted by Gasteiger charge is 2.51. The van der Waals surface area contributed by atoms with Gasteiger partial charge in [0.1, 0.15) is 12.1 Å². The Kier molecular flexibility index (Phi) is 2.29. The standard InChI is InChI=1S/C13H13NO4/c1-17-12(16)13(4-5-13)14-9-2-3-10-8(6-9)7-18-11(10)15/h2-3,6,14H,4-5,7H2,1H3. The molecule has 0 saturated heterocycles. The Morgan fingerprint density at radius 2 is 2.22 bits per heavy atom. The molecule has 0 radical (unpaired) electrons. The van der Waals surface area contributed by atoms with Gasteiger partial charge in [0.05, 0.1) is 12.7 Å². The number of benzene rings is 1. The lowest BCUT2D eigenvalue weighted by Crippen LogP contribution is -2.32. The maximum Gasteiger partial charge on any atom is 0.338 e. The highest BCUT2D eigenvalue weighted by atomic mass is 16.5. The minimum Gasteiger partial charge on any atom is -0.467 e. The molecule has 1 N–H and O–H groups in total. The van der Waals surface area contributed by atoms with Crippen molar-refractivity contribution in [1.82, 2.24) is 0 Å². The van der Waals surface area contributed by atoms with Crippen molar-refractivity contribution in [2.75, 3.05) is 12.4 Å². The largest absolute Gasteiger partial charge is 0.467 e. The Balaban J connectivity index is 1.83. The van der Waals surface area contributed by atoms with E-state index in [2.05, 4.69) is 5.32 Å². The molecule has 5 nitrogen and oxygen atoms in total. The van der Waals surface area contributed by atoms with Crippen LogP contribution in [0.3, 0.4) is 0 Å². The molecule has 1 aliphatic carbocycles. The van der Waals surface area contributed by atoms with Crippen molar-refractivity contribution >= 4 is 17.6 Å². The first kappa shape index (κ1) is 11.1. The van der Waals surface area contributed by atoms with Gasteiger partial charge in [-0.2, -0.15) is 0 Å². The Bertz CT molecular complexity index is 534. The van der Waals surface area contributed by atoms with E-state index in [1.165, 1.54) is 7.11 Å². The van der Waals surface area contributed by atoms with Crippen LogP contribution < -0.4 is 5.32 Å². The molecule has 3 rings (SSSR count). The molecule has 0 aromatic heterocycles. The molecule has 1 aromatic carbocycles. The van der Waals surface area contributed by atoms with Crippen LogP contribution in [0, 0.1) is 0 Å². The van der Waals surface area contributed by atoms with Crippen LogP contribution in [0.25, 0.3) is 0 Å². The number of cyclic esters (lactones) is 1. The van der Waals surface area contributed by atoms with Gasteiger partial charge in [-0.25, -0.2) is 9.59 Å². The van der Waals surface area contributed by atoms with Gasteiger partial charge in [0.25, 0.3) is 0 Å². The first-order valence-electron chi connectivity index (χ1n) is 5.81. The molecular formula is C13H13NO4. The minimum atomic E-state index is -0.577. The highest BCUT2D eigenvalue weighted by Crippen LogP contribution is 2.40. The summed E-state index contributed by atoms with van der Waals surface area (Å²) in [6.45, 7) is 0.301. The maximum absolute atomic E-state index is 11.6. The van der Waals surface area contributed by atoms with E-state index in [4.69, 9.17) is 9.47 Å². The monoisotopic (exact) mass is 247 g/mol. The van der Waals surface area contributed by atoms with Crippen LogP contribution in [0.4, 0.5) is 5.69 Å². The van der Waals surface area contributed by atoms with Crippen molar-refractivity contribution in [2.45, 2.75) is 25.0 Å². The van der Waals surface area contributed by atoms with Crippen molar-refractivity contribution in [2.24, 2.45) is 0 Å². The zero-order valence-electron chi connectivity index (χ0n) is 9.99. The Morgan fingerprint density at radius 3 is 2.89 bits per heavy atom. The van der Waals surface area contributed by atoms with Crippen LogP contribution in [0.1, 0.15) is 28.8 Å². The van der Waals surface area contributed by atoms with Gasteiger partial charge < -0.3 is 14.8 Å². The Hall–Kier alpha value is -2.04. The summed E-state index contributed by atoms with van der Waals surface area (Å²) in [4.78, 5) is 22.9. The number of carbonyl (C=O) groups excluding carboxylic acids is 2. The van der Waals surface area contributed by atoms with Crippen molar-refractivity contribution in [3.05, 3.63) is 29.3 Å². The number of hydrogen-bond acceptors (Lipinski definition) is 5. The fraction of sp³-hybridized carbons (Fsp3) is 0.385. The molecule has 1 saturated carbocycles. The first-order chi connectivity index (χ1) is 8.64. The fourth-order valence-corrected chi connectivity index (χ4v) is 2.19. The highest BCUT2D eigenvalue weighted by molar-refractivity contribution is 5.94. The lowest BCUT2D eigenvalue weighted by Gasteiger charge is -2.16. The topological polar surface area (TPSA) is 64.6 Å². The number of methoxy groups -OCH3 is 1. The van der Waals surface area contributed by atoms with E-state index in [1.54, 1.807) is 12.1 Å². The van der Waals surface area contributed by atoms with E-state index in [9.17, 15) is 9.59 Å². The predicted octanol–water partition coefficient (Wildman–Crippen LogP) is 1.47. The Morgan fingerprint density at radius 1 is 1.44 bits per heavy atom. The third-order valence-corrected chi connectivity index (χ3v) is 3.39. The zero-order chi connectivity index (χ0) is 12.8. The summed E-state index contributed by atoms with van der Waals surface area (Å²) in [7, 11) is 1.39. The Labute approximate surface area is 104 Å². The van der Waals surface area contributed by atoms with Crippen molar-refractivity contribution < 1.29 is 19.1 Å². The number of rotatable bonds is 3. The third-order valence-electron chi connectivity index (χ3n) is 3.39. The summed E-state index contributed by atoms with van der Waals surface area (Å²) in [5.41, 5.74) is 1.69. The van der Waals surface area contributed by atoms with Crippen molar-refractivity contribution in [1.29, 1.82) is 0 Å². The van der Waals surface area contributed by atoms with Gasteiger partial charge in [0.15, 0.2) is 0 Å². The summed E-state index contributed by atoms with van der Waals surface area (Å²) in [6, 6.07) is 5.36. The SMILES string of the molecule is COC(=O)C1(Nc2ccc3c(c2)COC3=O)CC1. The molecule has 1 aliphatic heterocycles. The van der Waals surface area contributed by atoms with Gasteiger partial charge in [-0.15, -0.1) is 0 Å². The van der Waals surface area contributed by atoms with Gasteiger partial charge in [-0.3, -0.25) is 0 Å². The third kappa shape index (κ3) is 1.63. The minimum absolute atomic E-state index is 0.240. The fourth-order valence-electron chi connectivity index (χ4n) is 2.19. The summed E-state index contributed by atoms with van der Waals surface area (Å²) in [5.74, 6) is -0.527. The molecule has 1 fully saturated rings. The molecule has 18 heavy (non-hydrogen) atoms. The zero-order valence-corrected chi connectivity index (χ0v) is 9.99. The lowest BCUT2D eigenvalue weighted by molar-refractivity contribution is -0.142. The molecule has 5 heteroatoms. The molecule has 0 spiro atoms. The van der Waals surface area contributed by atoms with Crippen LogP contribution in [0.2, 0.25) is 0 Å². The van der Waals surface area contributed by atoms with Gasteiger partial charge in [-0.05, 0) is 31.0 Å². The number of carbonyl (C=O) groups is 2. The van der Waals surface area contributed by atoms with E-state index in [0.717, 1.165) is 24.1 Å². The van der Waals surface area contributed by atoms with Crippen LogP contribution in [-0.2, 0) is 20.9 Å². The summed E-state index contributed by atoms with van der Waals surface area (Å²) in [6.07, 6.45) is 1.54. The second-order valence-corrected chi connectivity index (χ2v) is 4.65. The molecule has 1 heterocycles. The second-order valence-electron chi connectivity index (χ2n) is 4.65. The van der Waals surface area contributed by atoms with Crippen LogP contribution in [-0.4, -0.2) is 24.6 Å². The quantitative estimate of drug-likeness (QED) is 0.819. The van der Waals surface area contributed by atoms with Crippen LogP contribution in [0.5, 0.6) is 0 Å². The number of fused-ring (bicyclic) bond motifs is 1. The average Bonchev–Trinajstić information content (AvgIpc) is 3.07. The summed E-state index contributed by atoms with van der Waals surface area (Å²) < 4.78 is 9.71. The van der Waals surface area contributed by atoms with Gasteiger partial charge >= 0.3 is 11.9 Å². The maximum atomic E-state index is 11.6. The van der Waals surface area contributed by atoms with E-state index in [1.807, 2.05) is 6.07 Å². The molecule has 0 atom stereocenters. The van der Waals surface area contributed by atoms with Crippen molar-refractivity contribution in [3.8, 4) is 0 Å². The predicted molar refractivity (Wildman–Crippen MR) is 63.2 cm³/mol. The normalized spacial score (nSPS) is 18.8. The average molecular weight is 247 g/mol. The van der Waals surface area contributed by atoms with E-state index >= 15 is 0 Å². The summed E-state index contributed by atoms with van der Waals surface area (Å²) >= 11 is 0. The molecule has 0 amide bonds. The molecule has 0 bridgehead atoms. The second kappa shape index (κ2) is 3.73. The summed E-state index contributed by atoms with van der Waals surface area (Å²) in [5, 5.41) is 3.18. The number of ether oxygens (including phenoxy) is 2.